The van der Waals surface area contributed by atoms with Gasteiger partial charge in [0.05, 0.1) is 30.2 Å². The number of nitrogens with one attached hydrogen (secondary N) is 1. The van der Waals surface area contributed by atoms with E-state index in [1.807, 2.05) is 0 Å². The summed E-state index contributed by atoms with van der Waals surface area (Å²) in [6, 6.07) is 5.75. The van der Waals surface area contributed by atoms with E-state index in [0.717, 1.165) is 10.4 Å². The van der Waals surface area contributed by atoms with Gasteiger partial charge >= 0.3 is 12.1 Å². The SMILES string of the molecule is CCOC(=O)c1c(NC(=O)C=Cc2ccc([N+](=O)[O-])cc2)sc2c1CCN(C(=O)OCC)C2. The molecule has 33 heavy (non-hydrogen) atoms. The predicted molar refractivity (Wildman–Crippen MR) is 122 cm³/mol. The van der Waals surface area contributed by atoms with Gasteiger partial charge in [-0.15, -0.1) is 11.3 Å². The number of esters is 1. The average molecular weight is 474 g/mol. The highest BCUT2D eigenvalue weighted by molar-refractivity contribution is 7.17. The third-order valence-electron chi connectivity index (χ3n) is 4.83. The van der Waals surface area contributed by atoms with E-state index >= 15 is 0 Å². The zero-order valence-electron chi connectivity index (χ0n) is 18.2. The molecule has 2 amide bonds. The lowest BCUT2D eigenvalue weighted by atomic mass is 10.0. The van der Waals surface area contributed by atoms with Crippen LogP contribution in [0.4, 0.5) is 15.5 Å². The van der Waals surface area contributed by atoms with Gasteiger partial charge in [-0.1, -0.05) is 0 Å². The lowest BCUT2D eigenvalue weighted by molar-refractivity contribution is -0.384. The maximum atomic E-state index is 12.6. The number of amides is 2. The Morgan fingerprint density at radius 3 is 2.52 bits per heavy atom. The first kappa shape index (κ1) is 23.9. The molecular weight excluding hydrogens is 450 g/mol. The number of nitro benzene ring substituents is 1. The lowest BCUT2D eigenvalue weighted by Gasteiger charge is -2.26. The number of thiophene rings is 1. The van der Waals surface area contributed by atoms with Crippen molar-refractivity contribution in [2.24, 2.45) is 0 Å². The van der Waals surface area contributed by atoms with Gasteiger partial charge in [0.1, 0.15) is 5.00 Å². The highest BCUT2D eigenvalue weighted by Crippen LogP contribution is 2.38. The second-order valence-corrected chi connectivity index (χ2v) is 8.08. The fraction of sp³-hybridized carbons (Fsp3) is 0.318. The summed E-state index contributed by atoms with van der Waals surface area (Å²) in [5.74, 6) is -1.01. The van der Waals surface area contributed by atoms with Gasteiger partial charge in [0.15, 0.2) is 0 Å². The highest BCUT2D eigenvalue weighted by Gasteiger charge is 2.31. The maximum absolute atomic E-state index is 12.6. The van der Waals surface area contributed by atoms with Crippen LogP contribution in [-0.4, -0.2) is 47.6 Å². The van der Waals surface area contributed by atoms with Crippen LogP contribution >= 0.6 is 11.3 Å². The van der Waals surface area contributed by atoms with E-state index in [1.54, 1.807) is 18.7 Å². The normalized spacial score (nSPS) is 12.8. The minimum absolute atomic E-state index is 0.0447. The van der Waals surface area contributed by atoms with Crippen molar-refractivity contribution in [3.63, 3.8) is 0 Å². The number of rotatable bonds is 7. The van der Waals surface area contributed by atoms with Gasteiger partial charge in [-0.25, -0.2) is 9.59 Å². The summed E-state index contributed by atoms with van der Waals surface area (Å²) in [5.41, 5.74) is 1.62. The minimum atomic E-state index is -0.533. The van der Waals surface area contributed by atoms with E-state index in [-0.39, 0.29) is 25.4 Å². The van der Waals surface area contributed by atoms with E-state index < -0.39 is 22.9 Å². The van der Waals surface area contributed by atoms with Crippen LogP contribution < -0.4 is 5.32 Å². The molecule has 0 fully saturated rings. The fourth-order valence-electron chi connectivity index (χ4n) is 3.31. The monoisotopic (exact) mass is 473 g/mol. The fourth-order valence-corrected chi connectivity index (χ4v) is 4.57. The molecule has 0 atom stereocenters. The summed E-state index contributed by atoms with van der Waals surface area (Å²) in [6.07, 6.45) is 2.80. The van der Waals surface area contributed by atoms with Crippen molar-refractivity contribution in [1.29, 1.82) is 0 Å². The molecule has 0 radical (unpaired) electrons. The summed E-state index contributed by atoms with van der Waals surface area (Å²) in [5, 5.41) is 13.8. The number of benzene rings is 1. The number of fused-ring (bicyclic) bond motifs is 1. The molecule has 0 unspecified atom stereocenters. The Bertz CT molecular complexity index is 1090. The van der Waals surface area contributed by atoms with Gasteiger partial charge in [-0.3, -0.25) is 14.9 Å². The number of non-ortho nitro benzene ring substituents is 1. The van der Waals surface area contributed by atoms with Crippen LogP contribution in [0.3, 0.4) is 0 Å². The standard InChI is InChI=1S/C22H23N3O7S/c1-3-31-21(27)19-16-11-12-24(22(28)32-4-2)13-17(16)33-20(19)23-18(26)10-7-14-5-8-15(9-6-14)25(29)30/h5-10H,3-4,11-13H2,1-2H3,(H,23,26). The predicted octanol–water partition coefficient (Wildman–Crippen LogP) is 4.00. The number of ether oxygens (including phenoxy) is 2. The van der Waals surface area contributed by atoms with E-state index in [2.05, 4.69) is 5.32 Å². The third kappa shape index (κ3) is 5.75. The van der Waals surface area contributed by atoms with Crippen LogP contribution in [0, 0.1) is 10.1 Å². The lowest BCUT2D eigenvalue weighted by Crippen LogP contribution is -2.36. The van der Waals surface area contributed by atoms with E-state index in [4.69, 9.17) is 9.47 Å². The van der Waals surface area contributed by atoms with Gasteiger partial charge in [-0.2, -0.15) is 0 Å². The van der Waals surface area contributed by atoms with Crippen LogP contribution in [0.1, 0.15) is 40.2 Å². The van der Waals surface area contributed by atoms with Gasteiger partial charge in [-0.05, 0) is 49.6 Å². The Hall–Kier alpha value is -3.73. The number of hydrogen-bond donors (Lipinski definition) is 1. The second-order valence-electron chi connectivity index (χ2n) is 6.97. The molecule has 2 aromatic rings. The maximum Gasteiger partial charge on any atom is 0.410 e. The summed E-state index contributed by atoms with van der Waals surface area (Å²) >= 11 is 1.22. The first-order valence-electron chi connectivity index (χ1n) is 10.3. The Balaban J connectivity index is 1.80. The van der Waals surface area contributed by atoms with Crippen molar-refractivity contribution in [2.45, 2.75) is 26.8 Å². The van der Waals surface area contributed by atoms with Crippen LogP contribution in [0.2, 0.25) is 0 Å². The molecule has 2 heterocycles. The van der Waals surface area contributed by atoms with Gasteiger partial charge < -0.3 is 19.7 Å². The molecular formula is C22H23N3O7S. The third-order valence-corrected chi connectivity index (χ3v) is 5.96. The Morgan fingerprint density at radius 1 is 1.18 bits per heavy atom. The molecule has 174 valence electrons. The van der Waals surface area contributed by atoms with Crippen LogP contribution in [0.15, 0.2) is 30.3 Å². The van der Waals surface area contributed by atoms with E-state index in [0.29, 0.717) is 29.1 Å². The Morgan fingerprint density at radius 2 is 1.88 bits per heavy atom. The Kier molecular flexibility index (Phi) is 7.78. The van der Waals surface area contributed by atoms with Crippen molar-refractivity contribution in [3.05, 3.63) is 62.0 Å². The highest BCUT2D eigenvalue weighted by atomic mass is 32.1. The zero-order valence-corrected chi connectivity index (χ0v) is 19.0. The second kappa shape index (κ2) is 10.7. The smallest absolute Gasteiger partial charge is 0.410 e. The summed E-state index contributed by atoms with van der Waals surface area (Å²) < 4.78 is 10.2. The molecule has 0 aliphatic carbocycles. The molecule has 1 aromatic heterocycles. The first-order valence-corrected chi connectivity index (χ1v) is 11.1. The quantitative estimate of drug-likeness (QED) is 0.279. The van der Waals surface area contributed by atoms with Gasteiger partial charge in [0.25, 0.3) is 5.69 Å². The number of nitrogens with zero attached hydrogens (tertiary/aromatic N) is 2. The molecule has 0 saturated heterocycles. The number of carbonyl (C=O) groups excluding carboxylic acids is 3. The van der Waals surface area contributed by atoms with Crippen molar-refractivity contribution < 1.29 is 28.8 Å². The van der Waals surface area contributed by atoms with Crippen LogP contribution in [-0.2, 0) is 27.2 Å². The molecule has 1 aliphatic heterocycles. The molecule has 0 spiro atoms. The number of nitro groups is 1. The van der Waals surface area contributed by atoms with Crippen molar-refractivity contribution >= 4 is 46.1 Å². The largest absolute Gasteiger partial charge is 0.462 e. The van der Waals surface area contributed by atoms with E-state index in [1.165, 1.54) is 47.8 Å². The number of hydrogen-bond acceptors (Lipinski definition) is 8. The molecule has 11 heteroatoms. The molecule has 3 rings (SSSR count). The van der Waals surface area contributed by atoms with E-state index in [9.17, 15) is 24.5 Å². The average Bonchev–Trinajstić information content (AvgIpc) is 3.15. The number of carbonyl (C=O) groups is 3. The minimum Gasteiger partial charge on any atom is -0.462 e. The number of anilines is 1. The molecule has 0 bridgehead atoms. The van der Waals surface area contributed by atoms with Gasteiger partial charge in [0.2, 0.25) is 5.91 Å². The van der Waals surface area contributed by atoms with Crippen molar-refractivity contribution in [2.75, 3.05) is 25.1 Å². The van der Waals surface area contributed by atoms with Gasteiger partial charge in [0, 0.05) is 29.6 Å². The Labute approximate surface area is 193 Å². The molecule has 1 N–H and O–H groups in total. The summed E-state index contributed by atoms with van der Waals surface area (Å²) in [7, 11) is 0. The molecule has 10 nitrogen and oxygen atoms in total. The topological polar surface area (TPSA) is 128 Å². The summed E-state index contributed by atoms with van der Waals surface area (Å²) in [6.45, 7) is 4.55. The molecule has 0 saturated carbocycles. The van der Waals surface area contributed by atoms with Crippen molar-refractivity contribution in [3.8, 4) is 0 Å². The molecule has 1 aromatic carbocycles. The van der Waals surface area contributed by atoms with Crippen LogP contribution in [0.5, 0.6) is 0 Å². The molecule has 1 aliphatic rings. The van der Waals surface area contributed by atoms with Crippen LogP contribution in [0.25, 0.3) is 6.08 Å². The summed E-state index contributed by atoms with van der Waals surface area (Å²) in [4.78, 5) is 49.8. The first-order chi connectivity index (χ1) is 15.8. The van der Waals surface area contributed by atoms with Crippen molar-refractivity contribution in [1.82, 2.24) is 4.90 Å². The zero-order chi connectivity index (χ0) is 24.0.